The molecule has 0 unspecified atom stereocenters. The molecular weight excluding hydrogens is 442 g/mol. The molecule has 1 aromatic carbocycles. The lowest BCUT2D eigenvalue weighted by molar-refractivity contribution is -0.132. The molecule has 0 spiro atoms. The van der Waals surface area contributed by atoms with Crippen molar-refractivity contribution in [3.63, 3.8) is 0 Å². The van der Waals surface area contributed by atoms with Crippen molar-refractivity contribution in [2.75, 3.05) is 47.0 Å². The molecule has 0 fully saturated rings. The van der Waals surface area contributed by atoms with Crippen LogP contribution in [0.3, 0.4) is 0 Å². The van der Waals surface area contributed by atoms with Gasteiger partial charge in [-0.15, -0.1) is 0 Å². The SMILES string of the molecule is CCOCCCc1ccc2cc1OCC(=O)N(C)CCCN(C)Cc1cn(C)c3ncnc(c13)C2.[HH]. The zero-order valence-electron chi connectivity index (χ0n) is 21.4. The monoisotopic (exact) mass is 481 g/mol. The van der Waals surface area contributed by atoms with Crippen LogP contribution in [0.1, 0.15) is 43.6 Å². The molecule has 1 aliphatic rings. The van der Waals surface area contributed by atoms with Crippen molar-refractivity contribution in [3.05, 3.63) is 53.1 Å². The van der Waals surface area contributed by atoms with E-state index in [4.69, 9.17) is 9.47 Å². The zero-order valence-corrected chi connectivity index (χ0v) is 21.4. The lowest BCUT2D eigenvalue weighted by atomic mass is 10.0. The number of nitrogens with zero attached hydrogens (tertiary/aromatic N) is 5. The number of likely N-dealkylation sites (N-methyl/N-ethyl adjacent to an activating group) is 1. The van der Waals surface area contributed by atoms with Gasteiger partial charge in [0, 0.05) is 59.8 Å². The number of ether oxygens (including phenoxy) is 2. The normalized spacial score (nSPS) is 16.0. The van der Waals surface area contributed by atoms with E-state index in [0.29, 0.717) is 26.2 Å². The van der Waals surface area contributed by atoms with E-state index in [-0.39, 0.29) is 13.9 Å². The van der Waals surface area contributed by atoms with E-state index in [9.17, 15) is 4.79 Å². The van der Waals surface area contributed by atoms with Crippen LogP contribution in [-0.4, -0.2) is 77.2 Å². The average Bonchev–Trinajstić information content (AvgIpc) is 3.16. The highest BCUT2D eigenvalue weighted by Crippen LogP contribution is 2.28. The largest absolute Gasteiger partial charge is 0.483 e. The van der Waals surface area contributed by atoms with Crippen LogP contribution in [0.4, 0.5) is 0 Å². The maximum atomic E-state index is 12.7. The predicted octanol–water partition coefficient (Wildman–Crippen LogP) is 3.45. The Bertz CT molecular complexity index is 1170. The van der Waals surface area contributed by atoms with Gasteiger partial charge in [-0.3, -0.25) is 4.79 Å². The lowest BCUT2D eigenvalue weighted by Crippen LogP contribution is -2.34. The highest BCUT2D eigenvalue weighted by atomic mass is 16.5. The number of hydrogen-bond donors (Lipinski definition) is 0. The summed E-state index contributed by atoms with van der Waals surface area (Å²) >= 11 is 0. The molecule has 2 bridgehead atoms. The smallest absolute Gasteiger partial charge is 0.260 e. The highest BCUT2D eigenvalue weighted by Gasteiger charge is 2.18. The summed E-state index contributed by atoms with van der Waals surface area (Å²) in [6.07, 6.45) is 7.12. The molecule has 0 saturated carbocycles. The van der Waals surface area contributed by atoms with Crippen LogP contribution in [0, 0.1) is 0 Å². The molecule has 1 aliphatic heterocycles. The molecule has 190 valence electrons. The topological polar surface area (TPSA) is 72.7 Å². The number of amides is 1. The Morgan fingerprint density at radius 1 is 1.17 bits per heavy atom. The van der Waals surface area contributed by atoms with Gasteiger partial charge in [0.05, 0.1) is 5.69 Å². The van der Waals surface area contributed by atoms with E-state index in [2.05, 4.69) is 50.9 Å². The molecule has 8 nitrogen and oxygen atoms in total. The Hall–Kier alpha value is -2.97. The van der Waals surface area contributed by atoms with E-state index >= 15 is 0 Å². The molecule has 4 rings (SSSR count). The molecule has 2 aromatic heterocycles. The summed E-state index contributed by atoms with van der Waals surface area (Å²) in [6.45, 7) is 5.86. The molecule has 0 saturated heterocycles. The first-order valence-corrected chi connectivity index (χ1v) is 12.5. The van der Waals surface area contributed by atoms with Crippen LogP contribution in [0.5, 0.6) is 5.75 Å². The van der Waals surface area contributed by atoms with Gasteiger partial charge < -0.3 is 23.8 Å². The van der Waals surface area contributed by atoms with Crippen molar-refractivity contribution < 1.29 is 15.7 Å². The van der Waals surface area contributed by atoms with E-state index in [1.165, 1.54) is 5.56 Å². The van der Waals surface area contributed by atoms with Crippen LogP contribution in [-0.2, 0) is 36.0 Å². The maximum Gasteiger partial charge on any atom is 0.260 e. The number of rotatable bonds is 5. The van der Waals surface area contributed by atoms with Crippen molar-refractivity contribution in [1.82, 2.24) is 24.3 Å². The Morgan fingerprint density at radius 2 is 2.03 bits per heavy atom. The Labute approximate surface area is 209 Å². The summed E-state index contributed by atoms with van der Waals surface area (Å²) < 4.78 is 13.7. The number of fused-ring (bicyclic) bond motifs is 2. The molecule has 8 heteroatoms. The molecule has 0 aliphatic carbocycles. The molecule has 1 amide bonds. The fourth-order valence-electron chi connectivity index (χ4n) is 4.70. The van der Waals surface area contributed by atoms with Gasteiger partial charge in [-0.25, -0.2) is 9.97 Å². The van der Waals surface area contributed by atoms with E-state index in [1.54, 1.807) is 11.2 Å². The highest BCUT2D eigenvalue weighted by molar-refractivity contribution is 5.83. The quantitative estimate of drug-likeness (QED) is 0.520. The molecule has 0 N–H and O–H groups in total. The van der Waals surface area contributed by atoms with Crippen LogP contribution < -0.4 is 4.74 Å². The van der Waals surface area contributed by atoms with E-state index in [1.807, 2.05) is 21.0 Å². The number of carbonyl (C=O) groups excluding carboxylic acids is 1. The van der Waals surface area contributed by atoms with Crippen molar-refractivity contribution in [2.45, 2.75) is 39.2 Å². The fraction of sp³-hybridized carbons (Fsp3) is 0.519. The van der Waals surface area contributed by atoms with Crippen molar-refractivity contribution in [2.24, 2.45) is 7.05 Å². The Balaban J connectivity index is 0.00000361. The minimum Gasteiger partial charge on any atom is -0.483 e. The van der Waals surface area contributed by atoms with E-state index < -0.39 is 0 Å². The molecular formula is C27H39N5O3. The zero-order chi connectivity index (χ0) is 24.8. The third kappa shape index (κ3) is 6.18. The first-order valence-electron chi connectivity index (χ1n) is 12.5. The summed E-state index contributed by atoms with van der Waals surface area (Å²) in [6, 6.07) is 6.33. The second kappa shape index (κ2) is 11.6. The molecule has 3 heterocycles. The summed E-state index contributed by atoms with van der Waals surface area (Å²) in [5.74, 6) is 0.763. The summed E-state index contributed by atoms with van der Waals surface area (Å²) in [4.78, 5) is 26.0. The van der Waals surface area contributed by atoms with Gasteiger partial charge in [0.25, 0.3) is 5.91 Å². The number of carbonyl (C=O) groups is 1. The first kappa shape index (κ1) is 25.1. The predicted molar refractivity (Wildman–Crippen MR) is 139 cm³/mol. The summed E-state index contributed by atoms with van der Waals surface area (Å²) in [7, 11) is 6.00. The number of benzene rings is 1. The lowest BCUT2D eigenvalue weighted by Gasteiger charge is -2.22. The second-order valence-electron chi connectivity index (χ2n) is 9.40. The van der Waals surface area contributed by atoms with Crippen LogP contribution in [0.2, 0.25) is 0 Å². The second-order valence-corrected chi connectivity index (χ2v) is 9.40. The van der Waals surface area contributed by atoms with Gasteiger partial charge in [-0.1, -0.05) is 12.1 Å². The van der Waals surface area contributed by atoms with Crippen LogP contribution >= 0.6 is 0 Å². The van der Waals surface area contributed by atoms with Crippen molar-refractivity contribution in [3.8, 4) is 5.75 Å². The minimum atomic E-state index is -0.00623. The molecule has 0 radical (unpaired) electrons. The number of hydrogen-bond acceptors (Lipinski definition) is 6. The third-order valence-electron chi connectivity index (χ3n) is 6.60. The minimum absolute atomic E-state index is 0. The number of aromatic nitrogens is 3. The Kier molecular flexibility index (Phi) is 8.36. The third-order valence-corrected chi connectivity index (χ3v) is 6.60. The van der Waals surface area contributed by atoms with Gasteiger partial charge in [0.2, 0.25) is 0 Å². The van der Waals surface area contributed by atoms with Crippen molar-refractivity contribution in [1.29, 1.82) is 0 Å². The summed E-state index contributed by atoms with van der Waals surface area (Å²) in [5, 5.41) is 1.13. The van der Waals surface area contributed by atoms with Gasteiger partial charge >= 0.3 is 0 Å². The molecule has 35 heavy (non-hydrogen) atoms. The first-order chi connectivity index (χ1) is 17.0. The van der Waals surface area contributed by atoms with Gasteiger partial charge in [-0.05, 0) is 62.5 Å². The average molecular weight is 482 g/mol. The van der Waals surface area contributed by atoms with E-state index in [0.717, 1.165) is 66.0 Å². The van der Waals surface area contributed by atoms with Gasteiger partial charge in [-0.2, -0.15) is 0 Å². The van der Waals surface area contributed by atoms with Crippen molar-refractivity contribution >= 4 is 16.9 Å². The van der Waals surface area contributed by atoms with Gasteiger partial charge in [0.1, 0.15) is 17.7 Å². The van der Waals surface area contributed by atoms with Gasteiger partial charge in [0.15, 0.2) is 6.61 Å². The number of aryl methyl sites for hydroxylation is 2. The maximum absolute atomic E-state index is 12.7. The fourth-order valence-corrected chi connectivity index (χ4v) is 4.70. The molecule has 3 aromatic rings. The summed E-state index contributed by atoms with van der Waals surface area (Å²) in [5.41, 5.74) is 5.39. The van der Waals surface area contributed by atoms with Crippen LogP contribution in [0.25, 0.3) is 11.0 Å². The Morgan fingerprint density at radius 3 is 2.86 bits per heavy atom. The molecule has 0 atom stereocenters. The van der Waals surface area contributed by atoms with Crippen LogP contribution in [0.15, 0.2) is 30.7 Å². The standard InChI is InChI=1S/C27H37N5O3.H2/c1-5-34-13-6-8-21-10-9-20-14-23-26-22(17-32(4)27(26)29-19-28-23)16-30(2)11-7-12-31(3)25(33)18-35-24(21)15-20;/h9-10,15,17,19H,5-8,11-14,16,18H2,1-4H3;1H.